The SMILES string of the molecule is CN(Cc1ccccn1)C(=O)CCc1nc2cc(S(=O)(=O)N(C)C)ccc2n1C. The molecule has 3 aromatic rings. The Kier molecular flexibility index (Phi) is 5.99. The zero-order chi connectivity index (χ0) is 21.2. The summed E-state index contributed by atoms with van der Waals surface area (Å²) >= 11 is 0. The predicted octanol–water partition coefficient (Wildman–Crippen LogP) is 1.81. The van der Waals surface area contributed by atoms with E-state index >= 15 is 0 Å². The number of hydrogen-bond donors (Lipinski definition) is 0. The number of carbonyl (C=O) groups is 1. The van der Waals surface area contributed by atoms with E-state index in [4.69, 9.17) is 0 Å². The summed E-state index contributed by atoms with van der Waals surface area (Å²) in [5.41, 5.74) is 2.26. The second-order valence-electron chi connectivity index (χ2n) is 7.10. The number of fused-ring (bicyclic) bond motifs is 1. The molecule has 0 aliphatic rings. The van der Waals surface area contributed by atoms with E-state index in [0.29, 0.717) is 24.9 Å². The molecule has 0 saturated carbocycles. The van der Waals surface area contributed by atoms with Gasteiger partial charge in [0.2, 0.25) is 15.9 Å². The van der Waals surface area contributed by atoms with Gasteiger partial charge < -0.3 is 9.47 Å². The zero-order valence-electron chi connectivity index (χ0n) is 17.0. The number of nitrogens with zero attached hydrogens (tertiary/aromatic N) is 5. The Morgan fingerprint density at radius 2 is 1.90 bits per heavy atom. The highest BCUT2D eigenvalue weighted by molar-refractivity contribution is 7.89. The molecular formula is C20H25N5O3S. The van der Waals surface area contributed by atoms with Gasteiger partial charge in [0.25, 0.3) is 0 Å². The number of carbonyl (C=O) groups excluding carboxylic acids is 1. The standard InChI is InChI=1S/C20H25N5O3S/c1-23(2)29(27,28)16-8-9-18-17(13-16)22-19(25(18)4)10-11-20(26)24(3)14-15-7-5-6-12-21-15/h5-9,12-13H,10-11,14H2,1-4H3. The number of rotatable bonds is 7. The monoisotopic (exact) mass is 415 g/mol. The van der Waals surface area contributed by atoms with Crippen molar-refractivity contribution < 1.29 is 13.2 Å². The van der Waals surface area contributed by atoms with Gasteiger partial charge in [-0.2, -0.15) is 0 Å². The topological polar surface area (TPSA) is 88.4 Å². The van der Waals surface area contributed by atoms with E-state index in [0.717, 1.165) is 17.0 Å². The van der Waals surface area contributed by atoms with Crippen molar-refractivity contribution in [3.63, 3.8) is 0 Å². The van der Waals surface area contributed by atoms with E-state index in [9.17, 15) is 13.2 Å². The molecular weight excluding hydrogens is 390 g/mol. The molecule has 0 spiro atoms. The lowest BCUT2D eigenvalue weighted by atomic mass is 10.2. The Bertz CT molecular complexity index is 1120. The normalized spacial score (nSPS) is 11.9. The van der Waals surface area contributed by atoms with Crippen molar-refractivity contribution in [2.24, 2.45) is 7.05 Å². The molecule has 1 amide bonds. The van der Waals surface area contributed by atoms with Crippen LogP contribution in [0.5, 0.6) is 0 Å². The maximum atomic E-state index is 12.5. The highest BCUT2D eigenvalue weighted by atomic mass is 32.2. The van der Waals surface area contributed by atoms with Crippen LogP contribution in [0.15, 0.2) is 47.5 Å². The van der Waals surface area contributed by atoms with Crippen molar-refractivity contribution in [2.75, 3.05) is 21.1 Å². The molecule has 1 aromatic carbocycles. The highest BCUT2D eigenvalue weighted by Gasteiger charge is 2.19. The number of benzene rings is 1. The molecule has 0 bridgehead atoms. The predicted molar refractivity (Wildman–Crippen MR) is 111 cm³/mol. The van der Waals surface area contributed by atoms with E-state index in [2.05, 4.69) is 9.97 Å². The van der Waals surface area contributed by atoms with Gasteiger partial charge in [0, 0.05) is 47.2 Å². The fourth-order valence-electron chi connectivity index (χ4n) is 3.06. The van der Waals surface area contributed by atoms with Gasteiger partial charge in [0.15, 0.2) is 0 Å². The summed E-state index contributed by atoms with van der Waals surface area (Å²) in [7, 11) is 3.09. The smallest absolute Gasteiger partial charge is 0.242 e. The molecule has 0 saturated heterocycles. The van der Waals surface area contributed by atoms with E-state index in [1.165, 1.54) is 18.4 Å². The second kappa shape index (κ2) is 8.30. The molecule has 154 valence electrons. The van der Waals surface area contributed by atoms with Crippen LogP contribution < -0.4 is 0 Å². The third kappa shape index (κ3) is 4.46. The zero-order valence-corrected chi connectivity index (χ0v) is 17.8. The van der Waals surface area contributed by atoms with Crippen LogP contribution >= 0.6 is 0 Å². The molecule has 0 atom stereocenters. The molecule has 0 fully saturated rings. The third-order valence-electron chi connectivity index (χ3n) is 4.84. The molecule has 2 heterocycles. The Labute approximate surface area is 170 Å². The van der Waals surface area contributed by atoms with Gasteiger partial charge in [-0.05, 0) is 30.3 Å². The number of amides is 1. The lowest BCUT2D eigenvalue weighted by Crippen LogP contribution is -2.27. The van der Waals surface area contributed by atoms with Crippen LogP contribution in [-0.2, 0) is 34.8 Å². The summed E-state index contributed by atoms with van der Waals surface area (Å²) in [6.07, 6.45) is 2.48. The lowest BCUT2D eigenvalue weighted by Gasteiger charge is -2.16. The van der Waals surface area contributed by atoms with Crippen molar-refractivity contribution in [1.29, 1.82) is 0 Å². The Morgan fingerprint density at radius 3 is 2.55 bits per heavy atom. The minimum atomic E-state index is -3.52. The summed E-state index contributed by atoms with van der Waals surface area (Å²) in [6, 6.07) is 10.5. The van der Waals surface area contributed by atoms with E-state index in [-0.39, 0.29) is 10.8 Å². The summed E-state index contributed by atoms with van der Waals surface area (Å²) in [6.45, 7) is 0.452. The first-order valence-electron chi connectivity index (χ1n) is 9.22. The number of imidazole rings is 1. The van der Waals surface area contributed by atoms with Crippen molar-refractivity contribution in [3.05, 3.63) is 54.1 Å². The summed E-state index contributed by atoms with van der Waals surface area (Å²) < 4.78 is 27.8. The number of aromatic nitrogens is 3. The van der Waals surface area contributed by atoms with Crippen LogP contribution in [0.3, 0.4) is 0 Å². The molecule has 8 nitrogen and oxygen atoms in total. The van der Waals surface area contributed by atoms with Gasteiger partial charge in [0.1, 0.15) is 5.82 Å². The molecule has 0 radical (unpaired) electrons. The Morgan fingerprint density at radius 1 is 1.14 bits per heavy atom. The van der Waals surface area contributed by atoms with E-state index in [1.54, 1.807) is 36.3 Å². The first-order chi connectivity index (χ1) is 13.7. The van der Waals surface area contributed by atoms with Gasteiger partial charge in [-0.25, -0.2) is 17.7 Å². The fourth-order valence-corrected chi connectivity index (χ4v) is 3.98. The van der Waals surface area contributed by atoms with Crippen molar-refractivity contribution in [2.45, 2.75) is 24.3 Å². The summed E-state index contributed by atoms with van der Waals surface area (Å²) in [5.74, 6) is 0.734. The molecule has 2 aromatic heterocycles. The Balaban J connectivity index is 1.73. The summed E-state index contributed by atoms with van der Waals surface area (Å²) in [5, 5.41) is 0. The lowest BCUT2D eigenvalue weighted by molar-refractivity contribution is -0.130. The fraction of sp³-hybridized carbons (Fsp3) is 0.350. The van der Waals surface area contributed by atoms with Crippen LogP contribution in [0.4, 0.5) is 0 Å². The molecule has 0 aliphatic heterocycles. The van der Waals surface area contributed by atoms with Gasteiger partial charge >= 0.3 is 0 Å². The van der Waals surface area contributed by atoms with Crippen molar-refractivity contribution in [1.82, 2.24) is 23.7 Å². The number of aryl methyl sites for hydroxylation is 2. The maximum Gasteiger partial charge on any atom is 0.242 e. The first kappa shape index (κ1) is 20.9. The number of hydrogen-bond acceptors (Lipinski definition) is 5. The van der Waals surface area contributed by atoms with Crippen LogP contribution in [0.25, 0.3) is 11.0 Å². The molecule has 9 heteroatoms. The second-order valence-corrected chi connectivity index (χ2v) is 9.25. The maximum absolute atomic E-state index is 12.5. The van der Waals surface area contributed by atoms with Crippen LogP contribution in [0, 0.1) is 0 Å². The van der Waals surface area contributed by atoms with Gasteiger partial charge in [0.05, 0.1) is 28.2 Å². The third-order valence-corrected chi connectivity index (χ3v) is 6.65. The molecule has 0 aliphatic carbocycles. The average molecular weight is 416 g/mol. The van der Waals surface area contributed by atoms with E-state index in [1.807, 2.05) is 29.8 Å². The number of pyridine rings is 1. The minimum absolute atomic E-state index is 0.00131. The Hall–Kier alpha value is -2.78. The largest absolute Gasteiger partial charge is 0.340 e. The van der Waals surface area contributed by atoms with Gasteiger partial charge in [-0.3, -0.25) is 9.78 Å². The summed E-state index contributed by atoms with van der Waals surface area (Å²) in [4.78, 5) is 23.1. The van der Waals surface area contributed by atoms with Crippen LogP contribution in [0.2, 0.25) is 0 Å². The molecule has 0 unspecified atom stereocenters. The van der Waals surface area contributed by atoms with Gasteiger partial charge in [-0.15, -0.1) is 0 Å². The number of sulfonamides is 1. The van der Waals surface area contributed by atoms with Crippen molar-refractivity contribution >= 4 is 27.0 Å². The molecule has 0 N–H and O–H groups in total. The van der Waals surface area contributed by atoms with Gasteiger partial charge in [-0.1, -0.05) is 6.07 Å². The average Bonchev–Trinajstić information content (AvgIpc) is 3.01. The van der Waals surface area contributed by atoms with Crippen molar-refractivity contribution in [3.8, 4) is 0 Å². The van der Waals surface area contributed by atoms with E-state index < -0.39 is 10.0 Å². The van der Waals surface area contributed by atoms with Crippen LogP contribution in [-0.4, -0.2) is 59.2 Å². The minimum Gasteiger partial charge on any atom is -0.340 e. The quantitative estimate of drug-likeness (QED) is 0.587. The first-order valence-corrected chi connectivity index (χ1v) is 10.7. The highest BCUT2D eigenvalue weighted by Crippen LogP contribution is 2.22. The van der Waals surface area contributed by atoms with Crippen LogP contribution in [0.1, 0.15) is 17.9 Å². The molecule has 3 rings (SSSR count). The molecule has 29 heavy (non-hydrogen) atoms.